The van der Waals surface area contributed by atoms with Crippen molar-refractivity contribution in [3.05, 3.63) is 0 Å². The number of nitrogens with one attached hydrogen (secondary N) is 9. The average molecular weight is 685 g/mol. The summed E-state index contributed by atoms with van der Waals surface area (Å²) in [6, 6.07) is -8.14. The summed E-state index contributed by atoms with van der Waals surface area (Å²) in [5.74, 6) is -6.22. The molecule has 0 saturated heterocycles. The number of nitrogens with two attached hydrogens (primary N) is 1. The minimum atomic E-state index is -1.15. The molecular formula is C28H48N10O10. The van der Waals surface area contributed by atoms with Gasteiger partial charge in [0, 0.05) is 0 Å². The number of hydrogen-bond acceptors (Lipinski definition) is 11. The van der Waals surface area contributed by atoms with E-state index in [0.717, 1.165) is 0 Å². The van der Waals surface area contributed by atoms with Gasteiger partial charge in [0.2, 0.25) is 53.2 Å². The smallest absolute Gasteiger partial charge is 0.242 e. The summed E-state index contributed by atoms with van der Waals surface area (Å²) in [4.78, 5) is 120. The van der Waals surface area contributed by atoms with Crippen LogP contribution in [-0.4, -0.2) is 121 Å². The van der Waals surface area contributed by atoms with Gasteiger partial charge in [-0.1, -0.05) is 0 Å². The van der Waals surface area contributed by atoms with E-state index in [1.54, 1.807) is 0 Å². The maximum absolute atomic E-state index is 12.6. The number of aldehydes is 1. The molecule has 0 aromatic heterocycles. The highest BCUT2D eigenvalue weighted by Crippen LogP contribution is 1.94. The Morgan fingerprint density at radius 1 is 0.438 bits per heavy atom. The first-order valence-corrected chi connectivity index (χ1v) is 15.1. The highest BCUT2D eigenvalue weighted by Gasteiger charge is 2.27. The van der Waals surface area contributed by atoms with Gasteiger partial charge >= 0.3 is 0 Å². The molecule has 0 radical (unpaired) electrons. The van der Waals surface area contributed by atoms with Gasteiger partial charge in [-0.25, -0.2) is 0 Å². The van der Waals surface area contributed by atoms with Crippen molar-refractivity contribution >= 4 is 59.5 Å². The Morgan fingerprint density at radius 3 is 1.02 bits per heavy atom. The van der Waals surface area contributed by atoms with Gasteiger partial charge in [0.1, 0.15) is 42.5 Å². The monoisotopic (exact) mass is 684 g/mol. The molecule has 0 aromatic rings. The third-order valence-electron chi connectivity index (χ3n) is 6.38. The zero-order valence-corrected chi connectivity index (χ0v) is 28.3. The van der Waals surface area contributed by atoms with Crippen LogP contribution in [0, 0.1) is 0 Å². The molecule has 20 nitrogen and oxygen atoms in total. The molecule has 0 bridgehead atoms. The Balaban J connectivity index is 4.66. The van der Waals surface area contributed by atoms with Crippen LogP contribution in [0.15, 0.2) is 0 Å². The van der Waals surface area contributed by atoms with Gasteiger partial charge in [0.15, 0.2) is 0 Å². The Morgan fingerprint density at radius 2 is 0.708 bits per heavy atom. The Hall–Kier alpha value is -5.14. The van der Waals surface area contributed by atoms with Crippen molar-refractivity contribution in [2.45, 2.75) is 104 Å². The van der Waals surface area contributed by atoms with Crippen molar-refractivity contribution < 1.29 is 47.9 Å². The summed E-state index contributed by atoms with van der Waals surface area (Å²) in [6.45, 7) is 10.1. The topological polar surface area (TPSA) is 305 Å². The molecule has 0 spiro atoms. The molecule has 0 saturated carbocycles. The molecule has 0 fully saturated rings. The van der Waals surface area contributed by atoms with Crippen molar-refractivity contribution in [2.24, 2.45) is 5.73 Å². The van der Waals surface area contributed by atoms with E-state index in [2.05, 4.69) is 47.9 Å². The van der Waals surface area contributed by atoms with Gasteiger partial charge < -0.3 is 58.4 Å². The molecular weight excluding hydrogens is 636 g/mol. The summed E-state index contributed by atoms with van der Waals surface area (Å²) in [7, 11) is 0. The van der Waals surface area contributed by atoms with E-state index in [4.69, 9.17) is 5.73 Å². The number of amides is 9. The maximum atomic E-state index is 12.6. The lowest BCUT2D eigenvalue weighted by molar-refractivity contribution is -0.134. The van der Waals surface area contributed by atoms with Crippen LogP contribution in [0.3, 0.4) is 0 Å². The highest BCUT2D eigenvalue weighted by atomic mass is 16.2. The molecule has 0 rings (SSSR count). The second-order valence-corrected chi connectivity index (χ2v) is 11.2. The number of hydrogen-bond donors (Lipinski definition) is 10. The second kappa shape index (κ2) is 20.9. The maximum Gasteiger partial charge on any atom is 0.242 e. The largest absolute Gasteiger partial charge is 0.346 e. The van der Waals surface area contributed by atoms with Crippen molar-refractivity contribution in [3.8, 4) is 0 Å². The van der Waals surface area contributed by atoms with Crippen molar-refractivity contribution in [1.29, 1.82) is 0 Å². The molecule has 0 unspecified atom stereocenters. The van der Waals surface area contributed by atoms with E-state index in [0.29, 0.717) is 6.29 Å². The molecule has 0 aliphatic heterocycles. The Bertz CT molecular complexity index is 1230. The fourth-order valence-electron chi connectivity index (χ4n) is 3.36. The van der Waals surface area contributed by atoms with E-state index >= 15 is 0 Å². The predicted molar refractivity (Wildman–Crippen MR) is 169 cm³/mol. The van der Waals surface area contributed by atoms with Crippen molar-refractivity contribution in [3.63, 3.8) is 0 Å². The molecule has 0 aliphatic carbocycles. The first-order valence-electron chi connectivity index (χ1n) is 15.1. The lowest BCUT2D eigenvalue weighted by atomic mass is 10.2. The molecule has 0 heterocycles. The SMILES string of the molecule is C[C@H](N)C(=O)NCC(=O)N[C@@H](C)C(=O)NCC(=O)N[C@@H](C)C(=O)N[C@@H](C)C(=O)N[C@@H](C)C(=O)N[C@@H](C)C(=O)N[C@@H](C)C(=O)N[C@@H](C)C=O. The first kappa shape index (κ1) is 42.9. The van der Waals surface area contributed by atoms with Crippen molar-refractivity contribution in [1.82, 2.24) is 47.9 Å². The van der Waals surface area contributed by atoms with Gasteiger partial charge in [-0.15, -0.1) is 0 Å². The van der Waals surface area contributed by atoms with E-state index in [9.17, 15) is 47.9 Å². The fourth-order valence-corrected chi connectivity index (χ4v) is 3.36. The van der Waals surface area contributed by atoms with Crippen LogP contribution in [0.25, 0.3) is 0 Å². The fraction of sp³-hybridized carbons (Fsp3) is 0.643. The van der Waals surface area contributed by atoms with E-state index < -0.39 is 115 Å². The normalized spacial score (nSPS) is 15.5. The lowest BCUT2D eigenvalue weighted by Crippen LogP contribution is -2.57. The predicted octanol–water partition coefficient (Wildman–Crippen LogP) is -5.70. The van der Waals surface area contributed by atoms with Gasteiger partial charge in [-0.05, 0) is 55.4 Å². The van der Waals surface area contributed by atoms with E-state index in [-0.39, 0.29) is 0 Å². The van der Waals surface area contributed by atoms with Crippen LogP contribution in [0.4, 0.5) is 0 Å². The average Bonchev–Trinajstić information content (AvgIpc) is 3.01. The van der Waals surface area contributed by atoms with Crippen LogP contribution >= 0.6 is 0 Å². The summed E-state index contributed by atoms with van der Waals surface area (Å²) < 4.78 is 0. The molecule has 0 aromatic carbocycles. The van der Waals surface area contributed by atoms with E-state index in [1.807, 2.05) is 0 Å². The van der Waals surface area contributed by atoms with Crippen molar-refractivity contribution in [2.75, 3.05) is 13.1 Å². The minimum absolute atomic E-state index is 0.404. The lowest BCUT2D eigenvalue weighted by Gasteiger charge is -2.22. The molecule has 9 amide bonds. The Labute approximate surface area is 277 Å². The second-order valence-electron chi connectivity index (χ2n) is 11.2. The van der Waals surface area contributed by atoms with Gasteiger partial charge in [-0.3, -0.25) is 43.2 Å². The van der Waals surface area contributed by atoms with E-state index in [1.165, 1.54) is 55.4 Å². The van der Waals surface area contributed by atoms with Crippen LogP contribution in [0.1, 0.15) is 55.4 Å². The van der Waals surface area contributed by atoms with Crippen LogP contribution < -0.4 is 53.6 Å². The van der Waals surface area contributed by atoms with Crippen LogP contribution in [-0.2, 0) is 47.9 Å². The summed E-state index contributed by atoms with van der Waals surface area (Å²) >= 11 is 0. The zero-order chi connectivity index (χ0) is 37.3. The minimum Gasteiger partial charge on any atom is -0.346 e. The third-order valence-corrected chi connectivity index (χ3v) is 6.38. The third kappa shape index (κ3) is 16.4. The molecule has 8 atom stereocenters. The quantitative estimate of drug-likeness (QED) is 0.0572. The van der Waals surface area contributed by atoms with Gasteiger partial charge in [0.25, 0.3) is 0 Å². The zero-order valence-electron chi connectivity index (χ0n) is 28.3. The molecule has 20 heteroatoms. The summed E-state index contributed by atoms with van der Waals surface area (Å²) in [6.07, 6.45) is 0.521. The molecule has 48 heavy (non-hydrogen) atoms. The number of carbonyl (C=O) groups is 10. The summed E-state index contributed by atoms with van der Waals surface area (Å²) in [5, 5.41) is 21.2. The number of carbonyl (C=O) groups excluding carboxylic acids is 10. The summed E-state index contributed by atoms with van der Waals surface area (Å²) in [5.41, 5.74) is 5.38. The molecule has 11 N–H and O–H groups in total. The van der Waals surface area contributed by atoms with Gasteiger partial charge in [-0.2, -0.15) is 0 Å². The number of rotatable bonds is 19. The molecule has 0 aliphatic rings. The molecule has 270 valence electrons. The first-order chi connectivity index (χ1) is 22.2. The standard InChI is InChI=1S/C28H48N10O10/c1-12(11-39)32-24(44)16(5)35-26(46)18(7)37-28(48)19(8)38-27(47)17(6)36-25(45)15(4)34-21(41)10-31-23(43)14(3)33-20(40)9-30-22(42)13(2)29/h11-19H,9-10,29H2,1-8H3,(H,30,42)(H,31,43)(H,32,44)(H,33,40)(H,34,41)(H,35,46)(H,36,45)(H,37,48)(H,38,47)/t12-,13-,14-,15-,16-,17-,18-,19-/m0/s1. The Kier molecular flexibility index (Phi) is 18.6. The van der Waals surface area contributed by atoms with Gasteiger partial charge in [0.05, 0.1) is 25.2 Å². The van der Waals surface area contributed by atoms with Crippen LogP contribution in [0.5, 0.6) is 0 Å². The highest BCUT2D eigenvalue weighted by molar-refractivity contribution is 5.97. The van der Waals surface area contributed by atoms with Crippen LogP contribution in [0.2, 0.25) is 0 Å².